The Bertz CT molecular complexity index is 872. The van der Waals surface area contributed by atoms with Crippen molar-refractivity contribution in [1.29, 1.82) is 0 Å². The van der Waals surface area contributed by atoms with E-state index in [1.165, 1.54) is 11.2 Å². The molecule has 2 aromatic rings. The Kier molecular flexibility index (Phi) is 5.72. The minimum absolute atomic E-state index is 0.0412. The first-order valence-corrected chi connectivity index (χ1v) is 9.08. The molecular formula is C19H23N5O4. The molecule has 0 atom stereocenters. The zero-order valence-electron chi connectivity index (χ0n) is 15.9. The quantitative estimate of drug-likeness (QED) is 0.822. The number of benzene rings is 1. The molecule has 28 heavy (non-hydrogen) atoms. The summed E-state index contributed by atoms with van der Waals surface area (Å²) in [6, 6.07) is 5.26. The van der Waals surface area contributed by atoms with Gasteiger partial charge < -0.3 is 14.9 Å². The summed E-state index contributed by atoms with van der Waals surface area (Å²) in [5, 5.41) is 13.1. The largest absolute Gasteiger partial charge is 0.481 e. The van der Waals surface area contributed by atoms with Crippen LogP contribution in [0, 0.1) is 12.8 Å². The van der Waals surface area contributed by atoms with E-state index < -0.39 is 11.9 Å². The first-order valence-electron chi connectivity index (χ1n) is 9.08. The summed E-state index contributed by atoms with van der Waals surface area (Å²) in [6.45, 7) is 2.65. The molecule has 1 saturated heterocycles. The lowest BCUT2D eigenvalue weighted by molar-refractivity contribution is -0.145. The third-order valence-corrected chi connectivity index (χ3v) is 5.03. The predicted molar refractivity (Wildman–Crippen MR) is 100.0 cm³/mol. The Hall–Kier alpha value is -3.23. The van der Waals surface area contributed by atoms with Crippen LogP contribution in [0.15, 0.2) is 30.9 Å². The minimum Gasteiger partial charge on any atom is -0.481 e. The summed E-state index contributed by atoms with van der Waals surface area (Å²) in [4.78, 5) is 43.1. The van der Waals surface area contributed by atoms with Gasteiger partial charge in [-0.2, -0.15) is 5.10 Å². The van der Waals surface area contributed by atoms with Gasteiger partial charge in [0.1, 0.15) is 12.7 Å². The van der Waals surface area contributed by atoms with Crippen LogP contribution in [0.4, 0.5) is 0 Å². The van der Waals surface area contributed by atoms with Crippen LogP contribution in [-0.2, 0) is 9.59 Å². The molecule has 9 heteroatoms. The molecule has 2 heterocycles. The number of hydrogen-bond donors (Lipinski definition) is 1. The summed E-state index contributed by atoms with van der Waals surface area (Å²) in [7, 11) is 1.59. The van der Waals surface area contributed by atoms with E-state index in [9.17, 15) is 14.4 Å². The second-order valence-corrected chi connectivity index (χ2v) is 7.00. The molecule has 1 aliphatic rings. The van der Waals surface area contributed by atoms with E-state index in [0.717, 1.165) is 11.3 Å². The number of hydrogen-bond acceptors (Lipinski definition) is 5. The molecule has 0 unspecified atom stereocenters. The number of rotatable bonds is 5. The first kappa shape index (κ1) is 19.5. The van der Waals surface area contributed by atoms with E-state index in [0.29, 0.717) is 31.5 Å². The molecule has 1 aliphatic heterocycles. The molecule has 0 radical (unpaired) electrons. The monoisotopic (exact) mass is 385 g/mol. The van der Waals surface area contributed by atoms with Crippen molar-refractivity contribution < 1.29 is 19.5 Å². The van der Waals surface area contributed by atoms with Gasteiger partial charge >= 0.3 is 5.97 Å². The third kappa shape index (κ3) is 4.19. The van der Waals surface area contributed by atoms with Crippen LogP contribution in [0.2, 0.25) is 0 Å². The number of nitrogens with zero attached hydrogens (tertiary/aromatic N) is 5. The van der Waals surface area contributed by atoms with Gasteiger partial charge in [-0.25, -0.2) is 9.67 Å². The van der Waals surface area contributed by atoms with Crippen LogP contribution >= 0.6 is 0 Å². The van der Waals surface area contributed by atoms with Crippen molar-refractivity contribution in [3.8, 4) is 5.69 Å². The molecule has 3 rings (SSSR count). The number of amides is 2. The lowest BCUT2D eigenvalue weighted by Crippen LogP contribution is -2.45. The SMILES string of the molecule is Cc1cc(C(=O)N(C)CC(=O)N2CCC(C(=O)O)CC2)ccc1-n1cncn1. The molecule has 2 amide bonds. The van der Waals surface area contributed by atoms with Crippen molar-refractivity contribution in [2.45, 2.75) is 19.8 Å². The van der Waals surface area contributed by atoms with Crippen LogP contribution in [0.5, 0.6) is 0 Å². The number of likely N-dealkylation sites (N-methyl/N-ethyl adjacent to an activating group) is 1. The van der Waals surface area contributed by atoms with Crippen LogP contribution < -0.4 is 0 Å². The summed E-state index contributed by atoms with van der Waals surface area (Å²) in [5.41, 5.74) is 2.18. The van der Waals surface area contributed by atoms with Crippen LogP contribution in [0.1, 0.15) is 28.8 Å². The van der Waals surface area contributed by atoms with Gasteiger partial charge in [-0.1, -0.05) is 0 Å². The number of carbonyl (C=O) groups is 3. The molecule has 0 saturated carbocycles. The summed E-state index contributed by atoms with van der Waals surface area (Å²) >= 11 is 0. The van der Waals surface area contributed by atoms with Gasteiger partial charge in [0.05, 0.1) is 18.2 Å². The lowest BCUT2D eigenvalue weighted by atomic mass is 9.97. The molecule has 1 fully saturated rings. The van der Waals surface area contributed by atoms with Crippen molar-refractivity contribution in [3.05, 3.63) is 42.0 Å². The number of aryl methyl sites for hydroxylation is 1. The van der Waals surface area contributed by atoms with Crippen molar-refractivity contribution in [2.24, 2.45) is 5.92 Å². The van der Waals surface area contributed by atoms with E-state index in [1.807, 2.05) is 6.92 Å². The molecule has 148 valence electrons. The number of piperidine rings is 1. The fourth-order valence-corrected chi connectivity index (χ4v) is 3.35. The van der Waals surface area contributed by atoms with Gasteiger partial charge in [0, 0.05) is 25.7 Å². The highest BCUT2D eigenvalue weighted by molar-refractivity contribution is 5.96. The standard InChI is InChI=1S/C19H23N5O4/c1-13-9-15(3-4-16(13)24-12-20-11-21-24)18(26)22(2)10-17(25)23-7-5-14(6-8-23)19(27)28/h3-4,9,11-12,14H,5-8,10H2,1-2H3,(H,27,28). The average molecular weight is 385 g/mol. The smallest absolute Gasteiger partial charge is 0.306 e. The van der Waals surface area contributed by atoms with Crippen molar-refractivity contribution in [3.63, 3.8) is 0 Å². The van der Waals surface area contributed by atoms with Crippen LogP contribution in [0.25, 0.3) is 5.69 Å². The second kappa shape index (κ2) is 8.20. The summed E-state index contributed by atoms with van der Waals surface area (Å²) in [6.07, 6.45) is 3.92. The van der Waals surface area contributed by atoms with Crippen molar-refractivity contribution in [2.75, 3.05) is 26.7 Å². The minimum atomic E-state index is -0.816. The number of likely N-dealkylation sites (tertiary alicyclic amines) is 1. The maximum Gasteiger partial charge on any atom is 0.306 e. The van der Waals surface area contributed by atoms with Crippen LogP contribution in [-0.4, -0.2) is 74.1 Å². The predicted octanol–water partition coefficient (Wildman–Crippen LogP) is 0.971. The summed E-state index contributed by atoms with van der Waals surface area (Å²) in [5.74, 6) is -1.63. The van der Waals surface area contributed by atoms with E-state index in [2.05, 4.69) is 10.1 Å². The van der Waals surface area contributed by atoms with Crippen molar-refractivity contribution in [1.82, 2.24) is 24.6 Å². The molecule has 0 aliphatic carbocycles. The van der Waals surface area contributed by atoms with Gasteiger partial charge in [-0.05, 0) is 43.5 Å². The number of carboxylic acid groups (broad SMARTS) is 1. The number of carbonyl (C=O) groups excluding carboxylic acids is 2. The van der Waals surface area contributed by atoms with Gasteiger partial charge in [-0.15, -0.1) is 0 Å². The molecule has 0 spiro atoms. The third-order valence-electron chi connectivity index (χ3n) is 5.03. The maximum absolute atomic E-state index is 12.7. The highest BCUT2D eigenvalue weighted by Crippen LogP contribution is 2.18. The maximum atomic E-state index is 12.7. The van der Waals surface area contributed by atoms with E-state index in [-0.39, 0.29) is 18.4 Å². The van der Waals surface area contributed by atoms with Gasteiger partial charge in [0.25, 0.3) is 5.91 Å². The first-order chi connectivity index (χ1) is 13.4. The topological polar surface area (TPSA) is 109 Å². The number of carboxylic acids is 1. The Morgan fingerprint density at radius 2 is 1.96 bits per heavy atom. The fourth-order valence-electron chi connectivity index (χ4n) is 3.35. The normalized spacial score (nSPS) is 14.7. The number of aromatic nitrogens is 3. The highest BCUT2D eigenvalue weighted by atomic mass is 16.4. The zero-order valence-corrected chi connectivity index (χ0v) is 15.9. The van der Waals surface area contributed by atoms with Gasteiger partial charge in [0.2, 0.25) is 5.91 Å². The van der Waals surface area contributed by atoms with E-state index in [1.54, 1.807) is 41.2 Å². The van der Waals surface area contributed by atoms with E-state index in [4.69, 9.17) is 5.11 Å². The lowest BCUT2D eigenvalue weighted by Gasteiger charge is -2.31. The van der Waals surface area contributed by atoms with Gasteiger partial charge in [-0.3, -0.25) is 14.4 Å². The molecular weight excluding hydrogens is 362 g/mol. The Morgan fingerprint density at radius 3 is 2.54 bits per heavy atom. The molecule has 0 bridgehead atoms. The Labute approximate surface area is 162 Å². The number of aliphatic carboxylic acids is 1. The fraction of sp³-hybridized carbons (Fsp3) is 0.421. The Balaban J connectivity index is 1.61. The van der Waals surface area contributed by atoms with Crippen molar-refractivity contribution >= 4 is 17.8 Å². The summed E-state index contributed by atoms with van der Waals surface area (Å²) < 4.78 is 1.62. The van der Waals surface area contributed by atoms with E-state index >= 15 is 0 Å². The van der Waals surface area contributed by atoms with Crippen LogP contribution in [0.3, 0.4) is 0 Å². The zero-order chi connectivity index (χ0) is 20.3. The Morgan fingerprint density at radius 1 is 1.25 bits per heavy atom. The molecule has 1 aromatic carbocycles. The molecule has 1 N–H and O–H groups in total. The molecule has 1 aromatic heterocycles. The molecule has 9 nitrogen and oxygen atoms in total. The average Bonchev–Trinajstić information content (AvgIpc) is 3.21. The second-order valence-electron chi connectivity index (χ2n) is 7.00. The van der Waals surface area contributed by atoms with Gasteiger partial charge in [0.15, 0.2) is 0 Å². The highest BCUT2D eigenvalue weighted by Gasteiger charge is 2.28.